The van der Waals surface area contributed by atoms with E-state index in [2.05, 4.69) is 10.0 Å². The summed E-state index contributed by atoms with van der Waals surface area (Å²) in [6, 6.07) is 9.57. The quantitative estimate of drug-likeness (QED) is 0.571. The van der Waals surface area contributed by atoms with Gasteiger partial charge in [-0.15, -0.1) is 0 Å². The van der Waals surface area contributed by atoms with Crippen molar-refractivity contribution in [1.29, 1.82) is 0 Å². The molecule has 2 N–H and O–H groups in total. The normalized spacial score (nSPS) is 21.5. The zero-order valence-electron chi connectivity index (χ0n) is 21.7. The maximum Gasteiger partial charge on any atom is 0.408 e. The van der Waals surface area contributed by atoms with E-state index in [1.807, 2.05) is 13.0 Å². The Hall–Kier alpha value is -3.63. The lowest BCUT2D eigenvalue weighted by molar-refractivity contribution is -0.110. The molecule has 2 atom stereocenters. The van der Waals surface area contributed by atoms with Crippen molar-refractivity contribution in [3.05, 3.63) is 76.9 Å². The number of hydrogen-bond donors (Lipinski definition) is 2. The number of ketones is 1. The molecule has 1 amide bonds. The summed E-state index contributed by atoms with van der Waals surface area (Å²) < 4.78 is 45.3. The molecule has 2 aromatic carbocycles. The minimum Gasteiger partial charge on any atom is -0.454 e. The first kappa shape index (κ1) is 26.0. The van der Waals surface area contributed by atoms with Crippen LogP contribution in [0.2, 0.25) is 0 Å². The number of nitrogens with one attached hydrogen (secondary N) is 2. The molecule has 1 heterocycles. The van der Waals surface area contributed by atoms with Gasteiger partial charge >= 0.3 is 6.09 Å². The van der Waals surface area contributed by atoms with Gasteiger partial charge in [0, 0.05) is 12.0 Å². The van der Waals surface area contributed by atoms with Crippen molar-refractivity contribution in [3.8, 4) is 11.5 Å². The molecule has 0 unspecified atom stereocenters. The Kier molecular flexibility index (Phi) is 6.35. The first-order valence-electron chi connectivity index (χ1n) is 12.3. The maximum atomic E-state index is 13.0. The van der Waals surface area contributed by atoms with E-state index in [1.165, 1.54) is 12.2 Å². The van der Waals surface area contributed by atoms with Gasteiger partial charge in [0.2, 0.25) is 16.8 Å². The number of allylic oxidation sites excluding steroid dienone is 3. The number of hydrogen-bond acceptors (Lipinski definition) is 7. The molecule has 0 spiro atoms. The standard InChI is InChI=1S/C28H30N2O7S/c1-17-5-7-19(8-6-17)38(33,34)29-12-11-28-10-9-18(31)13-22(28)25(30-26(32)37-27(2,3)4)20-14-23-24(15-21(20)28)36-16-35-23/h5-10,13-15,25,29H,11-12,16H2,1-4H3,(H,30,32)/t25-,28-/m1/s1. The summed E-state index contributed by atoms with van der Waals surface area (Å²) in [5, 5.41) is 2.91. The third-order valence-corrected chi connectivity index (χ3v) is 8.27. The van der Waals surface area contributed by atoms with Gasteiger partial charge in [-0.3, -0.25) is 4.79 Å². The Morgan fingerprint density at radius 1 is 1.13 bits per heavy atom. The van der Waals surface area contributed by atoms with Gasteiger partial charge in [-0.05, 0) is 87.2 Å². The lowest BCUT2D eigenvalue weighted by Gasteiger charge is -2.32. The van der Waals surface area contributed by atoms with Crippen LogP contribution in [0.25, 0.3) is 0 Å². The molecule has 5 rings (SSSR count). The molecule has 3 aliphatic rings. The number of alkyl carbamates (subject to hydrolysis) is 1. The number of benzene rings is 2. The molecule has 0 bridgehead atoms. The number of carbonyl (C=O) groups is 2. The molecule has 2 aliphatic carbocycles. The molecule has 9 nitrogen and oxygen atoms in total. The fourth-order valence-corrected chi connectivity index (χ4v) is 6.15. The zero-order chi connectivity index (χ0) is 27.3. The van der Waals surface area contributed by atoms with Crippen molar-refractivity contribution < 1.29 is 32.2 Å². The summed E-state index contributed by atoms with van der Waals surface area (Å²) >= 11 is 0. The SMILES string of the molecule is Cc1ccc(S(=O)(=O)NCC[C@@]23C=CC(=O)C=C2[C@H](NC(=O)OC(C)(C)C)c2cc4c(cc23)OCO4)cc1. The number of amides is 1. The van der Waals surface area contributed by atoms with Gasteiger partial charge in [0.1, 0.15) is 5.60 Å². The van der Waals surface area contributed by atoms with Gasteiger partial charge in [-0.1, -0.05) is 23.8 Å². The molecule has 38 heavy (non-hydrogen) atoms. The van der Waals surface area contributed by atoms with Gasteiger partial charge in [0.25, 0.3) is 0 Å². The minimum absolute atomic E-state index is 0.0722. The second kappa shape index (κ2) is 9.28. The van der Waals surface area contributed by atoms with Crippen LogP contribution in [0.1, 0.15) is 49.9 Å². The lowest BCUT2D eigenvalue weighted by atomic mass is 9.72. The maximum absolute atomic E-state index is 13.0. The smallest absolute Gasteiger partial charge is 0.408 e. The zero-order valence-corrected chi connectivity index (χ0v) is 22.5. The summed E-state index contributed by atoms with van der Waals surface area (Å²) in [6.45, 7) is 7.34. The van der Waals surface area contributed by atoms with Gasteiger partial charge in [-0.25, -0.2) is 17.9 Å². The van der Waals surface area contributed by atoms with Crippen molar-refractivity contribution in [2.75, 3.05) is 13.3 Å². The molecule has 0 saturated heterocycles. The highest BCUT2D eigenvalue weighted by Gasteiger charge is 2.49. The topological polar surface area (TPSA) is 120 Å². The molecule has 2 aromatic rings. The highest BCUT2D eigenvalue weighted by molar-refractivity contribution is 7.89. The number of fused-ring (bicyclic) bond motifs is 4. The summed E-state index contributed by atoms with van der Waals surface area (Å²) in [4.78, 5) is 25.5. The average Bonchev–Trinajstić information content (AvgIpc) is 3.38. The van der Waals surface area contributed by atoms with Crippen LogP contribution in [0.3, 0.4) is 0 Å². The summed E-state index contributed by atoms with van der Waals surface area (Å²) in [5.41, 5.74) is 1.53. The van der Waals surface area contributed by atoms with Crippen LogP contribution in [0.4, 0.5) is 4.79 Å². The Morgan fingerprint density at radius 3 is 2.50 bits per heavy atom. The predicted octanol–water partition coefficient (Wildman–Crippen LogP) is 3.97. The van der Waals surface area contributed by atoms with Crippen molar-refractivity contribution >= 4 is 21.9 Å². The van der Waals surface area contributed by atoms with Crippen molar-refractivity contribution in [2.45, 2.75) is 56.1 Å². The van der Waals surface area contributed by atoms with Crippen LogP contribution < -0.4 is 19.5 Å². The molecule has 200 valence electrons. The lowest BCUT2D eigenvalue weighted by Crippen LogP contribution is -2.38. The van der Waals surface area contributed by atoms with Gasteiger partial charge in [-0.2, -0.15) is 0 Å². The van der Waals surface area contributed by atoms with Gasteiger partial charge < -0.3 is 19.5 Å². The van der Waals surface area contributed by atoms with Gasteiger partial charge in [0.05, 0.1) is 10.9 Å². The van der Waals surface area contributed by atoms with E-state index in [-0.39, 0.29) is 24.0 Å². The molecular formula is C28H30N2O7S. The summed E-state index contributed by atoms with van der Waals surface area (Å²) in [7, 11) is -3.76. The van der Waals surface area contributed by atoms with E-state index >= 15 is 0 Å². The summed E-state index contributed by atoms with van der Waals surface area (Å²) in [6.07, 6.45) is 4.42. The van der Waals surface area contributed by atoms with Crippen LogP contribution in [0.15, 0.2) is 65.1 Å². The molecule has 0 aromatic heterocycles. The van der Waals surface area contributed by atoms with Crippen LogP contribution >= 0.6 is 0 Å². The molecule has 0 radical (unpaired) electrons. The Labute approximate surface area is 221 Å². The number of aryl methyl sites for hydroxylation is 1. The van der Waals surface area contributed by atoms with E-state index < -0.39 is 33.2 Å². The fraction of sp³-hybridized carbons (Fsp3) is 0.357. The van der Waals surface area contributed by atoms with E-state index in [0.717, 1.165) is 16.7 Å². The monoisotopic (exact) mass is 538 g/mol. The Bertz CT molecular complexity index is 1470. The highest BCUT2D eigenvalue weighted by atomic mass is 32.2. The first-order chi connectivity index (χ1) is 17.9. The van der Waals surface area contributed by atoms with Crippen molar-refractivity contribution in [1.82, 2.24) is 10.0 Å². The Balaban J connectivity index is 1.50. The Morgan fingerprint density at radius 2 is 1.82 bits per heavy atom. The third-order valence-electron chi connectivity index (χ3n) is 6.80. The number of rotatable bonds is 6. The molecule has 0 saturated carbocycles. The van der Waals surface area contributed by atoms with Crippen molar-refractivity contribution in [2.24, 2.45) is 0 Å². The van der Waals surface area contributed by atoms with Crippen LogP contribution in [0.5, 0.6) is 11.5 Å². The number of sulfonamides is 1. The van der Waals surface area contributed by atoms with E-state index in [9.17, 15) is 18.0 Å². The minimum atomic E-state index is -3.76. The highest BCUT2D eigenvalue weighted by Crippen LogP contribution is 2.56. The second-order valence-electron chi connectivity index (χ2n) is 10.6. The second-order valence-corrected chi connectivity index (χ2v) is 12.4. The number of ether oxygens (including phenoxy) is 3. The number of carbonyl (C=O) groups excluding carboxylic acids is 2. The first-order valence-corrected chi connectivity index (χ1v) is 13.8. The van der Waals surface area contributed by atoms with Crippen molar-refractivity contribution in [3.63, 3.8) is 0 Å². The molecule has 10 heteroatoms. The fourth-order valence-electron chi connectivity index (χ4n) is 5.11. The predicted molar refractivity (Wildman–Crippen MR) is 140 cm³/mol. The van der Waals surface area contributed by atoms with E-state index in [1.54, 1.807) is 57.2 Å². The van der Waals surface area contributed by atoms with Crippen LogP contribution in [-0.4, -0.2) is 39.2 Å². The average molecular weight is 539 g/mol. The largest absolute Gasteiger partial charge is 0.454 e. The molecule has 1 aliphatic heterocycles. The van der Waals surface area contributed by atoms with Gasteiger partial charge in [0.15, 0.2) is 17.3 Å². The molecule has 0 fully saturated rings. The summed E-state index contributed by atoms with van der Waals surface area (Å²) in [5.74, 6) is 0.857. The molecular weight excluding hydrogens is 508 g/mol. The van der Waals surface area contributed by atoms with Crippen LogP contribution in [-0.2, 0) is 25.0 Å². The van der Waals surface area contributed by atoms with Crippen LogP contribution in [0, 0.1) is 6.92 Å². The van der Waals surface area contributed by atoms with E-state index in [0.29, 0.717) is 23.5 Å². The third kappa shape index (κ3) is 4.81. The van der Waals surface area contributed by atoms with E-state index in [4.69, 9.17) is 14.2 Å².